The van der Waals surface area contributed by atoms with Gasteiger partial charge in [-0.1, -0.05) is 17.7 Å². The van der Waals surface area contributed by atoms with Crippen molar-refractivity contribution in [2.45, 2.75) is 0 Å². The fourth-order valence-corrected chi connectivity index (χ4v) is 2.84. The van der Waals surface area contributed by atoms with E-state index >= 15 is 0 Å². The maximum Gasteiger partial charge on any atom is 0.254 e. The molecule has 2 N–H and O–H groups in total. The Balaban J connectivity index is 1.67. The molecule has 1 fully saturated rings. The van der Waals surface area contributed by atoms with Gasteiger partial charge >= 0.3 is 0 Å². The van der Waals surface area contributed by atoms with Crippen molar-refractivity contribution in [3.63, 3.8) is 0 Å². The molecule has 1 aliphatic heterocycles. The molecule has 1 aromatic carbocycles. The van der Waals surface area contributed by atoms with Crippen LogP contribution in [0.3, 0.4) is 0 Å². The lowest BCUT2D eigenvalue weighted by molar-refractivity contribution is 0.0746. The molecule has 3 rings (SSSR count). The Hall–Kier alpha value is -2.27. The largest absolute Gasteiger partial charge is 0.399 e. The van der Waals surface area contributed by atoms with Gasteiger partial charge in [-0.25, -0.2) is 4.98 Å². The lowest BCUT2D eigenvalue weighted by Gasteiger charge is -2.35. The van der Waals surface area contributed by atoms with Crippen LogP contribution in [0, 0.1) is 0 Å². The maximum atomic E-state index is 12.5. The van der Waals surface area contributed by atoms with Gasteiger partial charge in [-0.05, 0) is 30.3 Å². The molecule has 1 aromatic heterocycles. The molecule has 0 aliphatic carbocycles. The molecule has 0 atom stereocenters. The number of benzene rings is 1. The van der Waals surface area contributed by atoms with Crippen LogP contribution in [0.15, 0.2) is 42.6 Å². The first-order valence-electron chi connectivity index (χ1n) is 7.15. The first-order chi connectivity index (χ1) is 10.6. The van der Waals surface area contributed by atoms with Crippen molar-refractivity contribution in [3.8, 4) is 0 Å². The van der Waals surface area contributed by atoms with E-state index in [1.807, 2.05) is 23.1 Å². The van der Waals surface area contributed by atoms with Crippen LogP contribution < -0.4 is 10.6 Å². The SMILES string of the molecule is Nc1cc(Cl)cc(C(=O)N2CCN(c3ccccn3)CC2)c1. The Kier molecular flexibility index (Phi) is 4.15. The van der Waals surface area contributed by atoms with E-state index in [9.17, 15) is 4.79 Å². The van der Waals surface area contributed by atoms with Gasteiger partial charge in [0, 0.05) is 48.6 Å². The van der Waals surface area contributed by atoms with Crippen molar-refractivity contribution in [2.75, 3.05) is 36.8 Å². The first kappa shape index (κ1) is 14.7. The van der Waals surface area contributed by atoms with Crippen molar-refractivity contribution in [3.05, 3.63) is 53.2 Å². The minimum Gasteiger partial charge on any atom is -0.399 e. The second-order valence-electron chi connectivity index (χ2n) is 5.24. The van der Waals surface area contributed by atoms with E-state index in [1.54, 1.807) is 24.4 Å². The Labute approximate surface area is 134 Å². The summed E-state index contributed by atoms with van der Waals surface area (Å²) in [5.41, 5.74) is 6.79. The van der Waals surface area contributed by atoms with Crippen LogP contribution in [0.2, 0.25) is 5.02 Å². The van der Waals surface area contributed by atoms with Crippen molar-refractivity contribution < 1.29 is 4.79 Å². The number of pyridine rings is 1. The molecule has 114 valence electrons. The quantitative estimate of drug-likeness (QED) is 0.863. The normalized spacial score (nSPS) is 15.0. The van der Waals surface area contributed by atoms with Crippen LogP contribution in [-0.4, -0.2) is 42.0 Å². The second kappa shape index (κ2) is 6.23. The van der Waals surface area contributed by atoms with Gasteiger partial charge in [0.2, 0.25) is 0 Å². The highest BCUT2D eigenvalue weighted by atomic mass is 35.5. The Morgan fingerprint density at radius 3 is 2.55 bits per heavy atom. The molecule has 0 saturated carbocycles. The first-order valence-corrected chi connectivity index (χ1v) is 7.52. The van der Waals surface area contributed by atoms with Gasteiger partial charge in [0.25, 0.3) is 5.91 Å². The van der Waals surface area contributed by atoms with Crippen LogP contribution in [0.4, 0.5) is 11.5 Å². The van der Waals surface area contributed by atoms with Crippen molar-refractivity contribution >= 4 is 29.0 Å². The topological polar surface area (TPSA) is 62.5 Å². The summed E-state index contributed by atoms with van der Waals surface area (Å²) in [5, 5.41) is 0.482. The third kappa shape index (κ3) is 3.14. The van der Waals surface area contributed by atoms with Crippen LogP contribution in [0.25, 0.3) is 0 Å². The predicted molar refractivity (Wildman–Crippen MR) is 88.2 cm³/mol. The average Bonchev–Trinajstić information content (AvgIpc) is 2.54. The van der Waals surface area contributed by atoms with E-state index in [4.69, 9.17) is 17.3 Å². The van der Waals surface area contributed by atoms with Crippen LogP contribution in [0.1, 0.15) is 10.4 Å². The summed E-state index contributed by atoms with van der Waals surface area (Å²) in [6, 6.07) is 10.8. The van der Waals surface area contributed by atoms with Gasteiger partial charge in [-0.2, -0.15) is 0 Å². The summed E-state index contributed by atoms with van der Waals surface area (Å²) in [6.07, 6.45) is 1.78. The van der Waals surface area contributed by atoms with E-state index in [2.05, 4.69) is 9.88 Å². The van der Waals surface area contributed by atoms with E-state index in [1.165, 1.54) is 0 Å². The van der Waals surface area contributed by atoms with Crippen molar-refractivity contribution in [1.82, 2.24) is 9.88 Å². The van der Waals surface area contributed by atoms with Gasteiger partial charge in [0.05, 0.1) is 0 Å². The zero-order valence-electron chi connectivity index (χ0n) is 12.1. The lowest BCUT2D eigenvalue weighted by atomic mass is 10.1. The fraction of sp³-hybridized carbons (Fsp3) is 0.250. The Morgan fingerprint density at radius 1 is 1.14 bits per heavy atom. The molecule has 6 heteroatoms. The van der Waals surface area contributed by atoms with Crippen molar-refractivity contribution in [2.24, 2.45) is 0 Å². The Bertz CT molecular complexity index is 649. The summed E-state index contributed by atoms with van der Waals surface area (Å²) in [5.74, 6) is 0.913. The zero-order valence-corrected chi connectivity index (χ0v) is 12.8. The van der Waals surface area contributed by atoms with E-state index < -0.39 is 0 Å². The second-order valence-corrected chi connectivity index (χ2v) is 5.68. The maximum absolute atomic E-state index is 12.5. The lowest BCUT2D eigenvalue weighted by Crippen LogP contribution is -2.49. The molecular weight excluding hydrogens is 300 g/mol. The highest BCUT2D eigenvalue weighted by Crippen LogP contribution is 2.19. The van der Waals surface area contributed by atoms with Gasteiger partial charge in [-0.15, -0.1) is 0 Å². The number of aromatic nitrogens is 1. The van der Waals surface area contributed by atoms with Gasteiger partial charge in [0.1, 0.15) is 5.82 Å². The average molecular weight is 317 g/mol. The fourth-order valence-electron chi connectivity index (χ4n) is 2.60. The number of piperazine rings is 1. The number of hydrogen-bond donors (Lipinski definition) is 1. The van der Waals surface area contributed by atoms with Crippen LogP contribution in [-0.2, 0) is 0 Å². The molecule has 1 aliphatic rings. The summed E-state index contributed by atoms with van der Waals surface area (Å²) >= 11 is 5.97. The summed E-state index contributed by atoms with van der Waals surface area (Å²) in [6.45, 7) is 2.83. The molecule has 2 heterocycles. The van der Waals surface area contributed by atoms with Gasteiger partial charge in [0.15, 0.2) is 0 Å². The highest BCUT2D eigenvalue weighted by molar-refractivity contribution is 6.31. The standard InChI is InChI=1S/C16H17ClN4O/c17-13-9-12(10-14(18)11-13)16(22)21-7-5-20(6-8-21)15-3-1-2-4-19-15/h1-4,9-11H,5-8,18H2. The molecule has 22 heavy (non-hydrogen) atoms. The number of halogens is 1. The number of carbonyl (C=O) groups is 1. The number of amides is 1. The Morgan fingerprint density at radius 2 is 1.91 bits per heavy atom. The molecule has 2 aromatic rings. The highest BCUT2D eigenvalue weighted by Gasteiger charge is 2.23. The van der Waals surface area contributed by atoms with Crippen LogP contribution >= 0.6 is 11.6 Å². The molecule has 1 amide bonds. The molecule has 5 nitrogen and oxygen atoms in total. The minimum atomic E-state index is -0.0325. The molecule has 0 spiro atoms. The van der Waals surface area contributed by atoms with Gasteiger partial charge < -0.3 is 15.5 Å². The summed E-state index contributed by atoms with van der Waals surface area (Å²) in [7, 11) is 0. The minimum absolute atomic E-state index is 0.0325. The van der Waals surface area contributed by atoms with Crippen LogP contribution in [0.5, 0.6) is 0 Å². The summed E-state index contributed by atoms with van der Waals surface area (Å²) < 4.78 is 0. The monoisotopic (exact) mass is 316 g/mol. The molecule has 1 saturated heterocycles. The molecular formula is C16H17ClN4O. The molecule has 0 bridgehead atoms. The number of anilines is 2. The smallest absolute Gasteiger partial charge is 0.254 e. The number of nitrogen functional groups attached to an aromatic ring is 1. The van der Waals surface area contributed by atoms with E-state index in [-0.39, 0.29) is 5.91 Å². The van der Waals surface area contributed by atoms with Gasteiger partial charge in [-0.3, -0.25) is 4.79 Å². The number of rotatable bonds is 2. The number of nitrogens with zero attached hydrogens (tertiary/aromatic N) is 3. The number of carbonyl (C=O) groups excluding carboxylic acids is 1. The predicted octanol–water partition coefficient (Wildman–Crippen LogP) is 2.28. The molecule has 0 radical (unpaired) electrons. The third-order valence-electron chi connectivity index (χ3n) is 3.71. The third-order valence-corrected chi connectivity index (χ3v) is 3.93. The summed E-state index contributed by atoms with van der Waals surface area (Å²) in [4.78, 5) is 20.9. The van der Waals surface area contributed by atoms with E-state index in [0.717, 1.165) is 18.9 Å². The molecule has 0 unspecified atom stereocenters. The van der Waals surface area contributed by atoms with Crippen molar-refractivity contribution in [1.29, 1.82) is 0 Å². The number of hydrogen-bond acceptors (Lipinski definition) is 4. The zero-order chi connectivity index (χ0) is 15.5. The van der Waals surface area contributed by atoms with E-state index in [0.29, 0.717) is 29.4 Å². The number of nitrogens with two attached hydrogens (primary N) is 1.